The molecule has 4 aliphatic carbocycles. The maximum absolute atomic E-state index is 5.57. The van der Waals surface area contributed by atoms with Crippen LogP contribution >= 0.6 is 0 Å². The molecule has 20 heavy (non-hydrogen) atoms. The maximum atomic E-state index is 5.57. The summed E-state index contributed by atoms with van der Waals surface area (Å²) in [7, 11) is 0. The number of nitrogens with two attached hydrogens (primary N) is 1. The lowest BCUT2D eigenvalue weighted by molar-refractivity contribution is -0.0552. The zero-order valence-corrected chi connectivity index (χ0v) is 11.9. The van der Waals surface area contributed by atoms with Crippen LogP contribution < -0.4 is 11.1 Å². The number of rotatable bonds is 4. The number of anilines is 2. The topological polar surface area (TPSA) is 76.7 Å². The Morgan fingerprint density at radius 3 is 2.35 bits per heavy atom. The van der Waals surface area contributed by atoms with Crippen LogP contribution in [-0.2, 0) is 0 Å². The smallest absolute Gasteiger partial charge is 0.227 e. The second-order valence-corrected chi connectivity index (χ2v) is 7.26. The van der Waals surface area contributed by atoms with Gasteiger partial charge in [-0.15, -0.1) is 0 Å². The summed E-state index contributed by atoms with van der Waals surface area (Å²) >= 11 is 0. The highest BCUT2D eigenvalue weighted by Gasteiger charge is 2.50. The molecule has 0 amide bonds. The van der Waals surface area contributed by atoms with E-state index in [2.05, 4.69) is 20.3 Å². The molecule has 0 atom stereocenters. The first-order valence-electron chi connectivity index (χ1n) is 7.89. The standard InChI is InChI=1S/C15H23N5/c16-13-18-9-19-14(20-13)17-2-1-15-6-10-3-11(7-15)5-12(4-10)8-15/h9-12H,1-8H2,(H3,16,17,18,19,20). The Bertz CT molecular complexity index is 466. The van der Waals surface area contributed by atoms with Crippen LogP contribution in [-0.4, -0.2) is 21.5 Å². The van der Waals surface area contributed by atoms with Crippen LogP contribution in [0.3, 0.4) is 0 Å². The van der Waals surface area contributed by atoms with Crippen molar-refractivity contribution in [2.75, 3.05) is 17.6 Å². The number of nitrogens with one attached hydrogen (secondary N) is 1. The third-order valence-electron chi connectivity index (χ3n) is 5.69. The lowest BCUT2D eigenvalue weighted by atomic mass is 9.49. The minimum Gasteiger partial charge on any atom is -0.368 e. The fourth-order valence-corrected chi connectivity index (χ4v) is 5.43. The van der Waals surface area contributed by atoms with E-state index in [1.807, 2.05) is 0 Å². The van der Waals surface area contributed by atoms with Crippen LogP contribution in [0.4, 0.5) is 11.9 Å². The van der Waals surface area contributed by atoms with Gasteiger partial charge in [0.2, 0.25) is 11.9 Å². The predicted molar refractivity (Wildman–Crippen MR) is 78.0 cm³/mol. The largest absolute Gasteiger partial charge is 0.368 e. The summed E-state index contributed by atoms with van der Waals surface area (Å²) in [6.45, 7) is 0.954. The van der Waals surface area contributed by atoms with Gasteiger partial charge < -0.3 is 11.1 Å². The number of hydrogen-bond acceptors (Lipinski definition) is 5. The average molecular weight is 273 g/mol. The van der Waals surface area contributed by atoms with Crippen LogP contribution in [0.15, 0.2) is 6.33 Å². The van der Waals surface area contributed by atoms with E-state index in [0.717, 1.165) is 24.3 Å². The Labute approximate surface area is 119 Å². The van der Waals surface area contributed by atoms with Gasteiger partial charge in [-0.1, -0.05) is 0 Å². The molecule has 5 nitrogen and oxygen atoms in total. The highest BCUT2D eigenvalue weighted by atomic mass is 15.2. The van der Waals surface area contributed by atoms with E-state index >= 15 is 0 Å². The summed E-state index contributed by atoms with van der Waals surface area (Å²) < 4.78 is 0. The summed E-state index contributed by atoms with van der Waals surface area (Å²) in [5.74, 6) is 3.97. The van der Waals surface area contributed by atoms with Gasteiger partial charge in [0.25, 0.3) is 0 Å². The van der Waals surface area contributed by atoms with Crippen LogP contribution in [0.1, 0.15) is 44.9 Å². The molecule has 4 aliphatic rings. The summed E-state index contributed by atoms with van der Waals surface area (Å²) in [6, 6.07) is 0. The van der Waals surface area contributed by atoms with E-state index < -0.39 is 0 Å². The van der Waals surface area contributed by atoms with Crippen LogP contribution in [0.2, 0.25) is 0 Å². The van der Waals surface area contributed by atoms with Crippen molar-refractivity contribution < 1.29 is 0 Å². The Kier molecular flexibility index (Phi) is 2.82. The van der Waals surface area contributed by atoms with Gasteiger partial charge in [0, 0.05) is 6.54 Å². The quantitative estimate of drug-likeness (QED) is 0.881. The maximum Gasteiger partial charge on any atom is 0.227 e. The Balaban J connectivity index is 1.37. The third-order valence-corrected chi connectivity index (χ3v) is 5.69. The summed E-state index contributed by atoms with van der Waals surface area (Å²) in [5.41, 5.74) is 6.19. The lowest BCUT2D eigenvalue weighted by Gasteiger charge is -2.57. The first-order valence-corrected chi connectivity index (χ1v) is 7.89. The fraction of sp³-hybridized carbons (Fsp3) is 0.800. The van der Waals surface area contributed by atoms with Crippen molar-refractivity contribution in [3.8, 4) is 0 Å². The molecule has 5 heteroatoms. The van der Waals surface area contributed by atoms with Crippen molar-refractivity contribution in [1.82, 2.24) is 15.0 Å². The van der Waals surface area contributed by atoms with E-state index in [1.165, 1.54) is 51.3 Å². The number of nitrogens with zero attached hydrogens (tertiary/aromatic N) is 3. The van der Waals surface area contributed by atoms with Crippen molar-refractivity contribution >= 4 is 11.9 Å². The SMILES string of the molecule is Nc1ncnc(NCCC23CC4CC(CC(C4)C2)C3)n1. The molecule has 0 spiro atoms. The second-order valence-electron chi connectivity index (χ2n) is 7.26. The fourth-order valence-electron chi connectivity index (χ4n) is 5.43. The molecule has 1 heterocycles. The first kappa shape index (κ1) is 12.4. The molecule has 4 saturated carbocycles. The Morgan fingerprint density at radius 1 is 1.10 bits per heavy atom. The molecule has 5 rings (SSSR count). The molecule has 4 bridgehead atoms. The van der Waals surface area contributed by atoms with Gasteiger partial charge in [0.15, 0.2) is 0 Å². The van der Waals surface area contributed by atoms with E-state index in [9.17, 15) is 0 Å². The second kappa shape index (κ2) is 4.57. The molecule has 108 valence electrons. The van der Waals surface area contributed by atoms with Gasteiger partial charge in [0.1, 0.15) is 6.33 Å². The molecule has 3 N–H and O–H groups in total. The predicted octanol–water partition coefficient (Wildman–Crippen LogP) is 2.47. The molecule has 0 aromatic carbocycles. The van der Waals surface area contributed by atoms with Crippen molar-refractivity contribution in [3.05, 3.63) is 6.33 Å². The monoisotopic (exact) mass is 273 g/mol. The van der Waals surface area contributed by atoms with Crippen LogP contribution in [0.5, 0.6) is 0 Å². The highest BCUT2D eigenvalue weighted by molar-refractivity contribution is 5.28. The van der Waals surface area contributed by atoms with E-state index in [0.29, 0.717) is 11.4 Å². The molecule has 4 fully saturated rings. The van der Waals surface area contributed by atoms with Crippen molar-refractivity contribution in [3.63, 3.8) is 0 Å². The number of nitrogen functional groups attached to an aromatic ring is 1. The number of aromatic nitrogens is 3. The summed E-state index contributed by atoms with van der Waals surface area (Å²) in [6.07, 6.45) is 11.6. The van der Waals surface area contributed by atoms with Gasteiger partial charge in [0.05, 0.1) is 0 Å². The zero-order valence-electron chi connectivity index (χ0n) is 11.9. The van der Waals surface area contributed by atoms with Gasteiger partial charge in [-0.2, -0.15) is 4.98 Å². The molecule has 0 unspecified atom stereocenters. The van der Waals surface area contributed by atoms with Crippen molar-refractivity contribution in [1.29, 1.82) is 0 Å². The molecule has 1 aromatic rings. The molecular weight excluding hydrogens is 250 g/mol. The zero-order chi connectivity index (χ0) is 13.6. The normalized spacial score (nSPS) is 38.1. The third kappa shape index (κ3) is 2.23. The Hall–Kier alpha value is -1.39. The van der Waals surface area contributed by atoms with Gasteiger partial charge in [-0.3, -0.25) is 0 Å². The minimum atomic E-state index is 0.289. The van der Waals surface area contributed by atoms with E-state index in [1.54, 1.807) is 0 Å². The molecule has 1 aromatic heterocycles. The van der Waals surface area contributed by atoms with E-state index in [-0.39, 0.29) is 5.95 Å². The average Bonchev–Trinajstić information content (AvgIpc) is 2.36. The van der Waals surface area contributed by atoms with Crippen LogP contribution in [0.25, 0.3) is 0 Å². The van der Waals surface area contributed by atoms with Gasteiger partial charge in [-0.05, 0) is 68.1 Å². The molecule has 0 radical (unpaired) electrons. The van der Waals surface area contributed by atoms with Crippen molar-refractivity contribution in [2.45, 2.75) is 44.9 Å². The lowest BCUT2D eigenvalue weighted by Crippen LogP contribution is -2.46. The molecular formula is C15H23N5. The molecule has 0 saturated heterocycles. The number of hydrogen-bond donors (Lipinski definition) is 2. The summed E-state index contributed by atoms with van der Waals surface area (Å²) in [4.78, 5) is 12.0. The summed E-state index contributed by atoms with van der Waals surface area (Å²) in [5, 5.41) is 3.32. The van der Waals surface area contributed by atoms with Crippen LogP contribution in [0, 0.1) is 23.2 Å². The minimum absolute atomic E-state index is 0.289. The highest BCUT2D eigenvalue weighted by Crippen LogP contribution is 2.61. The Morgan fingerprint density at radius 2 is 1.75 bits per heavy atom. The molecule has 0 aliphatic heterocycles. The van der Waals surface area contributed by atoms with Gasteiger partial charge in [-0.25, -0.2) is 9.97 Å². The van der Waals surface area contributed by atoms with Gasteiger partial charge >= 0.3 is 0 Å². The first-order chi connectivity index (χ1) is 9.71. The van der Waals surface area contributed by atoms with E-state index in [4.69, 9.17) is 5.73 Å². The van der Waals surface area contributed by atoms with Crippen molar-refractivity contribution in [2.24, 2.45) is 23.2 Å².